The lowest BCUT2D eigenvalue weighted by atomic mass is 10.3. The molecule has 0 aromatic rings. The van der Waals surface area contributed by atoms with E-state index in [2.05, 4.69) is 5.32 Å². The van der Waals surface area contributed by atoms with Crippen molar-refractivity contribution in [2.45, 2.75) is 26.7 Å². The highest BCUT2D eigenvalue weighted by Crippen LogP contribution is 1.89. The molecular formula is C8H15NO3. The van der Waals surface area contributed by atoms with Crippen molar-refractivity contribution in [3.8, 4) is 0 Å². The smallest absolute Gasteiger partial charge is 0.305 e. The van der Waals surface area contributed by atoms with E-state index in [1.54, 1.807) is 0 Å². The average Bonchev–Trinajstić information content (AvgIpc) is 1.98. The third-order valence-electron chi connectivity index (χ3n) is 1.19. The minimum atomic E-state index is -0.206. The second-order valence-corrected chi connectivity index (χ2v) is 2.45. The van der Waals surface area contributed by atoms with Crippen molar-refractivity contribution >= 4 is 11.9 Å². The van der Waals surface area contributed by atoms with Crippen molar-refractivity contribution in [3.63, 3.8) is 0 Å². The summed E-state index contributed by atoms with van der Waals surface area (Å²) in [7, 11) is 0. The summed E-state index contributed by atoms with van der Waals surface area (Å²) in [6, 6.07) is 0. The van der Waals surface area contributed by atoms with Gasteiger partial charge in [-0.05, 0) is 6.42 Å². The Morgan fingerprint density at radius 1 is 1.42 bits per heavy atom. The summed E-state index contributed by atoms with van der Waals surface area (Å²) in [4.78, 5) is 21.1. The Bertz CT molecular complexity index is 156. The zero-order chi connectivity index (χ0) is 9.40. The first-order chi connectivity index (χ1) is 5.66. The monoisotopic (exact) mass is 173 g/mol. The first-order valence-corrected chi connectivity index (χ1v) is 4.07. The molecule has 0 aliphatic heterocycles. The normalized spacial score (nSPS) is 9.17. The molecule has 0 aromatic heterocycles. The van der Waals surface area contributed by atoms with E-state index in [1.807, 2.05) is 6.92 Å². The van der Waals surface area contributed by atoms with Crippen LogP contribution in [0.25, 0.3) is 0 Å². The minimum Gasteiger partial charge on any atom is -0.464 e. The molecular weight excluding hydrogens is 158 g/mol. The second kappa shape index (κ2) is 6.64. The van der Waals surface area contributed by atoms with Gasteiger partial charge in [0, 0.05) is 13.3 Å². The molecule has 0 fully saturated rings. The molecule has 12 heavy (non-hydrogen) atoms. The molecule has 0 heterocycles. The average molecular weight is 173 g/mol. The standard InChI is InChI=1S/C8H15NO3/c1-3-4-8(11)12-6-5-9-7(2)10/h3-6H2,1-2H3,(H,9,10). The van der Waals surface area contributed by atoms with Crippen LogP contribution in [-0.2, 0) is 14.3 Å². The molecule has 0 radical (unpaired) electrons. The fourth-order valence-corrected chi connectivity index (χ4v) is 0.668. The molecule has 1 N–H and O–H groups in total. The number of hydrogen-bond acceptors (Lipinski definition) is 3. The molecule has 0 unspecified atom stereocenters. The largest absolute Gasteiger partial charge is 0.464 e. The summed E-state index contributed by atoms with van der Waals surface area (Å²) < 4.78 is 4.78. The number of nitrogens with one attached hydrogen (secondary N) is 1. The number of ether oxygens (including phenoxy) is 1. The Kier molecular flexibility index (Phi) is 6.05. The van der Waals surface area contributed by atoms with Crippen molar-refractivity contribution in [2.75, 3.05) is 13.2 Å². The quantitative estimate of drug-likeness (QED) is 0.485. The number of carbonyl (C=O) groups excluding carboxylic acids is 2. The van der Waals surface area contributed by atoms with Crippen LogP contribution in [0.3, 0.4) is 0 Å². The van der Waals surface area contributed by atoms with Crippen molar-refractivity contribution in [2.24, 2.45) is 0 Å². The van der Waals surface area contributed by atoms with E-state index in [-0.39, 0.29) is 18.5 Å². The lowest BCUT2D eigenvalue weighted by molar-refractivity contribution is -0.143. The minimum absolute atomic E-state index is 0.110. The van der Waals surface area contributed by atoms with Crippen molar-refractivity contribution < 1.29 is 14.3 Å². The highest BCUT2D eigenvalue weighted by molar-refractivity contribution is 5.72. The lowest BCUT2D eigenvalue weighted by Crippen LogP contribution is -2.25. The zero-order valence-electron chi connectivity index (χ0n) is 7.55. The predicted molar refractivity (Wildman–Crippen MR) is 44.6 cm³/mol. The van der Waals surface area contributed by atoms with Gasteiger partial charge >= 0.3 is 5.97 Å². The molecule has 0 spiro atoms. The van der Waals surface area contributed by atoms with Gasteiger partial charge in [-0.1, -0.05) is 6.92 Å². The highest BCUT2D eigenvalue weighted by atomic mass is 16.5. The van der Waals surface area contributed by atoms with Gasteiger partial charge in [-0.25, -0.2) is 0 Å². The van der Waals surface area contributed by atoms with Crippen LogP contribution < -0.4 is 5.32 Å². The van der Waals surface area contributed by atoms with E-state index in [1.165, 1.54) is 6.92 Å². The summed E-state index contributed by atoms with van der Waals surface area (Å²) >= 11 is 0. The molecule has 0 atom stereocenters. The molecule has 0 bridgehead atoms. The molecule has 0 saturated carbocycles. The predicted octanol–water partition coefficient (Wildman–Crippen LogP) is 0.466. The van der Waals surface area contributed by atoms with Gasteiger partial charge in [0.2, 0.25) is 5.91 Å². The molecule has 0 aliphatic rings. The molecule has 1 amide bonds. The first-order valence-electron chi connectivity index (χ1n) is 4.07. The zero-order valence-corrected chi connectivity index (χ0v) is 7.55. The van der Waals surface area contributed by atoms with Crippen molar-refractivity contribution in [1.29, 1.82) is 0 Å². The Labute approximate surface area is 72.3 Å². The highest BCUT2D eigenvalue weighted by Gasteiger charge is 1.99. The second-order valence-electron chi connectivity index (χ2n) is 2.45. The molecule has 70 valence electrons. The number of hydrogen-bond donors (Lipinski definition) is 1. The van der Waals surface area contributed by atoms with Crippen LogP contribution in [-0.4, -0.2) is 25.0 Å². The Morgan fingerprint density at radius 3 is 2.58 bits per heavy atom. The number of rotatable bonds is 5. The molecule has 4 nitrogen and oxygen atoms in total. The number of esters is 1. The summed E-state index contributed by atoms with van der Waals surface area (Å²) in [6.07, 6.45) is 1.24. The van der Waals surface area contributed by atoms with E-state index >= 15 is 0 Å². The Hall–Kier alpha value is -1.06. The number of carbonyl (C=O) groups is 2. The maximum Gasteiger partial charge on any atom is 0.305 e. The molecule has 0 rings (SSSR count). The van der Waals surface area contributed by atoms with E-state index in [0.717, 1.165) is 6.42 Å². The topological polar surface area (TPSA) is 55.4 Å². The van der Waals surface area contributed by atoms with Crippen LogP contribution in [0.2, 0.25) is 0 Å². The Balaban J connectivity index is 3.19. The third kappa shape index (κ3) is 7.05. The summed E-state index contributed by atoms with van der Waals surface area (Å²) in [5.41, 5.74) is 0. The van der Waals surface area contributed by atoms with E-state index < -0.39 is 0 Å². The van der Waals surface area contributed by atoms with Gasteiger partial charge < -0.3 is 10.1 Å². The van der Waals surface area contributed by atoms with E-state index in [9.17, 15) is 9.59 Å². The van der Waals surface area contributed by atoms with Gasteiger partial charge in [-0.3, -0.25) is 9.59 Å². The van der Waals surface area contributed by atoms with Crippen molar-refractivity contribution in [1.82, 2.24) is 5.32 Å². The van der Waals surface area contributed by atoms with Gasteiger partial charge in [-0.15, -0.1) is 0 Å². The Morgan fingerprint density at radius 2 is 2.08 bits per heavy atom. The SMILES string of the molecule is CCCC(=O)OCCNC(C)=O. The van der Waals surface area contributed by atoms with Gasteiger partial charge in [-0.2, -0.15) is 0 Å². The van der Waals surface area contributed by atoms with Gasteiger partial charge in [0.25, 0.3) is 0 Å². The van der Waals surface area contributed by atoms with Crippen LogP contribution in [0, 0.1) is 0 Å². The van der Waals surface area contributed by atoms with Crippen LogP contribution >= 0.6 is 0 Å². The summed E-state index contributed by atoms with van der Waals surface area (Å²) in [5, 5.41) is 2.53. The molecule has 0 saturated heterocycles. The summed E-state index contributed by atoms with van der Waals surface area (Å²) in [6.45, 7) is 3.99. The van der Waals surface area contributed by atoms with Crippen LogP contribution in [0.1, 0.15) is 26.7 Å². The first kappa shape index (κ1) is 10.9. The van der Waals surface area contributed by atoms with Crippen LogP contribution in [0.4, 0.5) is 0 Å². The van der Waals surface area contributed by atoms with Crippen LogP contribution in [0.5, 0.6) is 0 Å². The third-order valence-corrected chi connectivity index (χ3v) is 1.19. The summed E-state index contributed by atoms with van der Waals surface area (Å²) in [5.74, 6) is -0.315. The van der Waals surface area contributed by atoms with Gasteiger partial charge in [0.1, 0.15) is 6.61 Å². The van der Waals surface area contributed by atoms with E-state index in [0.29, 0.717) is 13.0 Å². The maximum atomic E-state index is 10.8. The molecule has 4 heteroatoms. The lowest BCUT2D eigenvalue weighted by Gasteiger charge is -2.03. The van der Waals surface area contributed by atoms with Crippen molar-refractivity contribution in [3.05, 3.63) is 0 Å². The fourth-order valence-electron chi connectivity index (χ4n) is 0.668. The van der Waals surface area contributed by atoms with Crippen LogP contribution in [0.15, 0.2) is 0 Å². The molecule has 0 aromatic carbocycles. The van der Waals surface area contributed by atoms with Gasteiger partial charge in [0.05, 0.1) is 6.54 Å². The van der Waals surface area contributed by atoms with Gasteiger partial charge in [0.15, 0.2) is 0 Å². The number of amides is 1. The fraction of sp³-hybridized carbons (Fsp3) is 0.750. The maximum absolute atomic E-state index is 10.8. The van der Waals surface area contributed by atoms with E-state index in [4.69, 9.17) is 4.74 Å². The molecule has 0 aliphatic carbocycles.